The van der Waals surface area contributed by atoms with E-state index in [1.54, 1.807) is 12.4 Å². The highest BCUT2D eigenvalue weighted by atomic mass is 15.2. The maximum Gasteiger partial charge on any atom is 0.182 e. The first-order chi connectivity index (χ1) is 4.97. The van der Waals surface area contributed by atoms with E-state index >= 15 is 0 Å². The second kappa shape index (κ2) is 2.28. The topological polar surface area (TPSA) is 49.4 Å². The predicted molar refractivity (Wildman–Crippen MR) is 38.9 cm³/mol. The molecule has 52 valence electrons. The van der Waals surface area contributed by atoms with Gasteiger partial charge >= 0.3 is 0 Å². The summed E-state index contributed by atoms with van der Waals surface area (Å²) in [6.45, 7) is 0.800. The van der Waals surface area contributed by atoms with Gasteiger partial charge in [0.1, 0.15) is 0 Å². The predicted octanol–water partition coefficient (Wildman–Crippen LogP) is 0.692. The Morgan fingerprint density at radius 1 is 1.20 bits per heavy atom. The van der Waals surface area contributed by atoms with E-state index in [2.05, 4.69) is 20.2 Å². The van der Waals surface area contributed by atoms with Crippen molar-refractivity contribution < 1.29 is 0 Å². The zero-order chi connectivity index (χ0) is 6.81. The van der Waals surface area contributed by atoms with Crippen LogP contribution in [0.25, 0.3) is 0 Å². The van der Waals surface area contributed by atoms with Crippen molar-refractivity contribution in [3.8, 4) is 0 Å². The molecule has 4 nitrogen and oxygen atoms in total. The first-order valence-electron chi connectivity index (χ1n) is 3.38. The lowest BCUT2D eigenvalue weighted by Gasteiger charge is -2.20. The number of hydrogen-bond acceptors (Lipinski definition) is 4. The Kier molecular flexibility index (Phi) is 1.30. The van der Waals surface area contributed by atoms with Crippen molar-refractivity contribution in [2.24, 2.45) is 20.2 Å². The van der Waals surface area contributed by atoms with E-state index in [4.69, 9.17) is 0 Å². The molecular formula is C6H8N4. The molecule has 0 bridgehead atoms. The summed E-state index contributed by atoms with van der Waals surface area (Å²) in [7, 11) is 0. The van der Waals surface area contributed by atoms with E-state index < -0.39 is 0 Å². The molecule has 0 N–H and O–H groups in total. The summed E-state index contributed by atoms with van der Waals surface area (Å²) in [5, 5.41) is 7.86. The molecule has 10 heavy (non-hydrogen) atoms. The molecule has 0 aliphatic carbocycles. The summed E-state index contributed by atoms with van der Waals surface area (Å²) in [5.74, 6) is 0. The highest BCUT2D eigenvalue weighted by Gasteiger charge is 2.22. The van der Waals surface area contributed by atoms with Gasteiger partial charge in [0.25, 0.3) is 0 Å². The number of hydrogen-bond donors (Lipinski definition) is 0. The van der Waals surface area contributed by atoms with E-state index in [9.17, 15) is 0 Å². The van der Waals surface area contributed by atoms with Crippen LogP contribution in [0, 0.1) is 0 Å². The van der Waals surface area contributed by atoms with Gasteiger partial charge in [0.15, 0.2) is 6.17 Å². The molecule has 0 saturated carbocycles. The summed E-state index contributed by atoms with van der Waals surface area (Å²) in [5.41, 5.74) is 0. The molecule has 2 aliphatic rings. The zero-order valence-electron chi connectivity index (χ0n) is 5.51. The largest absolute Gasteiger partial charge is 0.284 e. The second-order valence-electron chi connectivity index (χ2n) is 2.35. The second-order valence-corrected chi connectivity index (χ2v) is 2.35. The van der Waals surface area contributed by atoms with Crippen LogP contribution in [0.3, 0.4) is 0 Å². The molecule has 0 aromatic heterocycles. The van der Waals surface area contributed by atoms with Gasteiger partial charge in [-0.2, -0.15) is 10.2 Å². The van der Waals surface area contributed by atoms with Gasteiger partial charge in [0.2, 0.25) is 0 Å². The fourth-order valence-electron chi connectivity index (χ4n) is 1.11. The van der Waals surface area contributed by atoms with Crippen molar-refractivity contribution in [1.82, 2.24) is 0 Å². The fourth-order valence-corrected chi connectivity index (χ4v) is 1.11. The van der Waals surface area contributed by atoms with Gasteiger partial charge in [-0.1, -0.05) is 0 Å². The number of fused-ring (bicyclic) bond motifs is 1. The molecule has 0 spiro atoms. The highest BCUT2D eigenvalue weighted by molar-refractivity contribution is 6.16. The molecule has 0 fully saturated rings. The summed E-state index contributed by atoms with van der Waals surface area (Å²) < 4.78 is 0. The van der Waals surface area contributed by atoms with Crippen molar-refractivity contribution in [3.05, 3.63) is 0 Å². The Bertz CT molecular complexity index is 206. The van der Waals surface area contributed by atoms with Crippen LogP contribution in [0.4, 0.5) is 0 Å². The van der Waals surface area contributed by atoms with Crippen LogP contribution in [0.1, 0.15) is 6.42 Å². The molecule has 2 aliphatic heterocycles. The Balaban J connectivity index is 2.21. The molecule has 2 rings (SSSR count). The Morgan fingerprint density at radius 3 is 3.00 bits per heavy atom. The molecule has 0 amide bonds. The third-order valence-corrected chi connectivity index (χ3v) is 1.65. The Labute approximate surface area is 58.8 Å². The third-order valence-electron chi connectivity index (χ3n) is 1.65. The zero-order valence-corrected chi connectivity index (χ0v) is 5.51. The Morgan fingerprint density at radius 2 is 2.10 bits per heavy atom. The maximum absolute atomic E-state index is 4.22. The lowest BCUT2D eigenvalue weighted by Crippen LogP contribution is -2.27. The van der Waals surface area contributed by atoms with E-state index in [1.165, 1.54) is 0 Å². The lowest BCUT2D eigenvalue weighted by molar-refractivity contribution is 0.455. The maximum atomic E-state index is 4.22. The van der Waals surface area contributed by atoms with Crippen molar-refractivity contribution in [3.63, 3.8) is 0 Å². The molecule has 2 heterocycles. The number of aliphatic imine (C=N–C) groups is 2. The van der Waals surface area contributed by atoms with E-state index in [1.807, 2.05) is 0 Å². The molecule has 0 aromatic rings. The van der Waals surface area contributed by atoms with Gasteiger partial charge in [-0.05, 0) is 6.42 Å². The number of rotatable bonds is 0. The molecule has 0 aromatic carbocycles. The van der Waals surface area contributed by atoms with Gasteiger partial charge in [0.05, 0.1) is 12.6 Å². The molecular weight excluding hydrogens is 128 g/mol. The van der Waals surface area contributed by atoms with Gasteiger partial charge < -0.3 is 0 Å². The Hall–Kier alpha value is -1.06. The van der Waals surface area contributed by atoms with Crippen LogP contribution in [0.15, 0.2) is 20.2 Å². The average molecular weight is 136 g/mol. The third kappa shape index (κ3) is 0.853. The monoisotopic (exact) mass is 136 g/mol. The van der Waals surface area contributed by atoms with Crippen molar-refractivity contribution in [2.45, 2.75) is 18.6 Å². The van der Waals surface area contributed by atoms with E-state index in [-0.39, 0.29) is 12.2 Å². The number of azo groups is 1. The molecule has 2 atom stereocenters. The summed E-state index contributed by atoms with van der Waals surface area (Å²) in [4.78, 5) is 8.34. The lowest BCUT2D eigenvalue weighted by atomic mass is 10.1. The van der Waals surface area contributed by atoms with E-state index in [0.717, 1.165) is 13.0 Å². The highest BCUT2D eigenvalue weighted by Crippen LogP contribution is 2.16. The van der Waals surface area contributed by atoms with Crippen LogP contribution >= 0.6 is 0 Å². The number of nitrogens with zero attached hydrogens (tertiary/aromatic N) is 4. The van der Waals surface area contributed by atoms with Gasteiger partial charge in [-0.3, -0.25) is 9.98 Å². The minimum absolute atomic E-state index is 0.0150. The molecule has 2 unspecified atom stereocenters. The fraction of sp³-hybridized carbons (Fsp3) is 0.667. The van der Waals surface area contributed by atoms with Gasteiger partial charge in [-0.25, -0.2) is 0 Å². The van der Waals surface area contributed by atoms with Crippen molar-refractivity contribution in [1.29, 1.82) is 0 Å². The summed E-state index contributed by atoms with van der Waals surface area (Å²) in [6.07, 6.45) is 4.40. The normalized spacial score (nSPS) is 36.0. The van der Waals surface area contributed by atoms with Crippen LogP contribution in [0.2, 0.25) is 0 Å². The first-order valence-corrected chi connectivity index (χ1v) is 3.38. The van der Waals surface area contributed by atoms with Crippen molar-refractivity contribution in [2.75, 3.05) is 6.54 Å². The summed E-state index contributed by atoms with van der Waals surface area (Å²) in [6, 6.07) is 0.266. The van der Waals surface area contributed by atoms with Crippen LogP contribution in [0.5, 0.6) is 0 Å². The molecule has 0 radical (unpaired) electrons. The van der Waals surface area contributed by atoms with Gasteiger partial charge in [-0.15, -0.1) is 0 Å². The van der Waals surface area contributed by atoms with Crippen LogP contribution < -0.4 is 0 Å². The SMILES string of the molecule is C1=NC2CCN=NC2N=C1. The average Bonchev–Trinajstić information content (AvgIpc) is 2.05. The van der Waals surface area contributed by atoms with Crippen LogP contribution in [-0.4, -0.2) is 31.2 Å². The molecule has 4 heteroatoms. The smallest absolute Gasteiger partial charge is 0.182 e. The van der Waals surface area contributed by atoms with Crippen molar-refractivity contribution >= 4 is 12.4 Å². The minimum atomic E-state index is -0.0150. The van der Waals surface area contributed by atoms with Gasteiger partial charge in [0, 0.05) is 12.4 Å². The standard InChI is InChI=1S/C6H8N4/c1-2-9-10-6-5(1)7-3-4-8-6/h3-6H,1-2H2. The quantitative estimate of drug-likeness (QED) is 0.470. The van der Waals surface area contributed by atoms with Crippen LogP contribution in [-0.2, 0) is 0 Å². The summed E-state index contributed by atoms with van der Waals surface area (Å²) >= 11 is 0. The molecule has 0 saturated heterocycles. The first kappa shape index (κ1) is 5.70. The van der Waals surface area contributed by atoms with E-state index in [0.29, 0.717) is 0 Å². The minimum Gasteiger partial charge on any atom is -0.284 e.